The first-order valence-electron chi connectivity index (χ1n) is 5.66. The van der Waals surface area contributed by atoms with Crippen molar-refractivity contribution in [2.24, 2.45) is 11.7 Å². The molecule has 1 nitrogen and oxygen atoms in total. The van der Waals surface area contributed by atoms with E-state index >= 15 is 0 Å². The molecule has 2 N–H and O–H groups in total. The first-order valence-corrected chi connectivity index (χ1v) is 6.61. The van der Waals surface area contributed by atoms with Crippen LogP contribution in [0.15, 0.2) is 0 Å². The zero-order valence-corrected chi connectivity index (χ0v) is 9.35. The van der Waals surface area contributed by atoms with Gasteiger partial charge in [0.15, 0.2) is 0 Å². The minimum Gasteiger partial charge on any atom is -0.328 e. The van der Waals surface area contributed by atoms with E-state index in [1.54, 1.807) is 0 Å². The van der Waals surface area contributed by atoms with Crippen LogP contribution >= 0.6 is 11.8 Å². The third kappa shape index (κ3) is 2.41. The van der Waals surface area contributed by atoms with Crippen molar-refractivity contribution in [2.45, 2.75) is 62.0 Å². The summed E-state index contributed by atoms with van der Waals surface area (Å²) >= 11 is 2.23. The van der Waals surface area contributed by atoms with E-state index in [0.717, 1.165) is 16.4 Å². The van der Waals surface area contributed by atoms with Crippen molar-refractivity contribution in [3.05, 3.63) is 0 Å². The van der Waals surface area contributed by atoms with Gasteiger partial charge in [0, 0.05) is 16.5 Å². The van der Waals surface area contributed by atoms with Gasteiger partial charge in [0.25, 0.3) is 0 Å². The summed E-state index contributed by atoms with van der Waals surface area (Å²) < 4.78 is 0. The van der Waals surface area contributed by atoms with Crippen LogP contribution in [-0.4, -0.2) is 16.5 Å². The molecule has 1 saturated heterocycles. The summed E-state index contributed by atoms with van der Waals surface area (Å²) in [6.07, 6.45) is 8.24. The first-order chi connectivity index (χ1) is 6.25. The standard InChI is InChI=1S/C11H21NS/c1-8-2-7-11(13-8)9-3-5-10(12)6-4-9/h8-11H,2-7,12H2,1H3. The van der Waals surface area contributed by atoms with E-state index in [2.05, 4.69) is 18.7 Å². The summed E-state index contributed by atoms with van der Waals surface area (Å²) in [5.74, 6) is 0.995. The molecular weight excluding hydrogens is 178 g/mol. The van der Waals surface area contributed by atoms with Gasteiger partial charge in [0.2, 0.25) is 0 Å². The zero-order chi connectivity index (χ0) is 9.26. The fourth-order valence-electron chi connectivity index (χ4n) is 2.70. The highest BCUT2D eigenvalue weighted by Crippen LogP contribution is 2.42. The van der Waals surface area contributed by atoms with Crippen LogP contribution in [0.2, 0.25) is 0 Å². The van der Waals surface area contributed by atoms with Crippen molar-refractivity contribution >= 4 is 11.8 Å². The second-order valence-corrected chi connectivity index (χ2v) is 6.42. The van der Waals surface area contributed by atoms with Crippen LogP contribution < -0.4 is 5.73 Å². The Morgan fingerprint density at radius 1 is 1.00 bits per heavy atom. The molecule has 0 spiro atoms. The Morgan fingerprint density at radius 2 is 1.69 bits per heavy atom. The van der Waals surface area contributed by atoms with Crippen LogP contribution in [0.3, 0.4) is 0 Å². The highest BCUT2D eigenvalue weighted by Gasteiger charge is 2.31. The third-order valence-corrected chi connectivity index (χ3v) is 5.28. The molecule has 2 atom stereocenters. The van der Waals surface area contributed by atoms with E-state index in [1.165, 1.54) is 38.5 Å². The molecule has 2 rings (SSSR count). The quantitative estimate of drug-likeness (QED) is 0.703. The van der Waals surface area contributed by atoms with Crippen LogP contribution in [0.25, 0.3) is 0 Å². The average molecular weight is 199 g/mol. The molecule has 2 aliphatic rings. The number of hydrogen-bond acceptors (Lipinski definition) is 2. The molecule has 2 heteroatoms. The second kappa shape index (κ2) is 4.22. The van der Waals surface area contributed by atoms with Gasteiger partial charge < -0.3 is 5.73 Å². The molecular formula is C11H21NS. The molecule has 1 aliphatic heterocycles. The van der Waals surface area contributed by atoms with Gasteiger partial charge in [-0.25, -0.2) is 0 Å². The normalized spacial score (nSPS) is 46.6. The molecule has 0 amide bonds. The SMILES string of the molecule is CC1CCC(C2CCC(N)CC2)S1. The lowest BCUT2D eigenvalue weighted by molar-refractivity contribution is 0.315. The molecule has 1 heterocycles. The fourth-order valence-corrected chi connectivity index (χ4v) is 4.33. The molecule has 1 aliphatic carbocycles. The van der Waals surface area contributed by atoms with E-state index in [1.807, 2.05) is 0 Å². The number of rotatable bonds is 1. The van der Waals surface area contributed by atoms with Crippen molar-refractivity contribution < 1.29 is 0 Å². The van der Waals surface area contributed by atoms with Crippen LogP contribution in [0.1, 0.15) is 45.4 Å². The van der Waals surface area contributed by atoms with E-state index in [9.17, 15) is 0 Å². The molecule has 0 radical (unpaired) electrons. The minimum absolute atomic E-state index is 0.514. The van der Waals surface area contributed by atoms with Crippen LogP contribution in [0.4, 0.5) is 0 Å². The zero-order valence-electron chi connectivity index (χ0n) is 8.54. The maximum atomic E-state index is 5.92. The summed E-state index contributed by atoms with van der Waals surface area (Å²) in [6, 6.07) is 0.514. The Balaban J connectivity index is 1.81. The van der Waals surface area contributed by atoms with Gasteiger partial charge in [-0.15, -0.1) is 0 Å². The van der Waals surface area contributed by atoms with Gasteiger partial charge >= 0.3 is 0 Å². The van der Waals surface area contributed by atoms with Gasteiger partial charge in [0.05, 0.1) is 0 Å². The highest BCUT2D eigenvalue weighted by molar-refractivity contribution is 8.00. The second-order valence-electron chi connectivity index (χ2n) is 4.74. The van der Waals surface area contributed by atoms with Crippen LogP contribution in [-0.2, 0) is 0 Å². The summed E-state index contributed by atoms with van der Waals surface area (Å²) in [7, 11) is 0. The van der Waals surface area contributed by atoms with E-state index in [4.69, 9.17) is 5.73 Å². The summed E-state index contributed by atoms with van der Waals surface area (Å²) in [6.45, 7) is 2.37. The average Bonchev–Trinajstić information content (AvgIpc) is 2.53. The fraction of sp³-hybridized carbons (Fsp3) is 1.00. The maximum Gasteiger partial charge on any atom is 0.00784 e. The number of hydrogen-bond donors (Lipinski definition) is 1. The third-order valence-electron chi connectivity index (χ3n) is 3.61. The molecule has 0 aromatic heterocycles. The molecule has 2 fully saturated rings. The monoisotopic (exact) mass is 199 g/mol. The summed E-state index contributed by atoms with van der Waals surface area (Å²) in [4.78, 5) is 0. The Morgan fingerprint density at radius 3 is 2.23 bits per heavy atom. The molecule has 0 aromatic carbocycles. The van der Waals surface area contributed by atoms with Crippen molar-refractivity contribution in [3.63, 3.8) is 0 Å². The molecule has 1 saturated carbocycles. The lowest BCUT2D eigenvalue weighted by atomic mass is 9.83. The largest absolute Gasteiger partial charge is 0.328 e. The predicted octanol–water partition coefficient (Wildman–Crippen LogP) is 2.79. The van der Waals surface area contributed by atoms with Crippen molar-refractivity contribution in [3.8, 4) is 0 Å². The summed E-state index contributed by atoms with van der Waals surface area (Å²) in [5.41, 5.74) is 5.92. The van der Waals surface area contributed by atoms with Crippen LogP contribution in [0, 0.1) is 5.92 Å². The van der Waals surface area contributed by atoms with Gasteiger partial charge in [-0.05, 0) is 44.4 Å². The van der Waals surface area contributed by atoms with E-state index in [0.29, 0.717) is 6.04 Å². The van der Waals surface area contributed by atoms with Crippen LogP contribution in [0.5, 0.6) is 0 Å². The van der Waals surface area contributed by atoms with Gasteiger partial charge in [-0.1, -0.05) is 6.92 Å². The molecule has 13 heavy (non-hydrogen) atoms. The number of nitrogens with two attached hydrogens (primary N) is 1. The molecule has 0 aromatic rings. The number of thioether (sulfide) groups is 1. The van der Waals surface area contributed by atoms with Crippen molar-refractivity contribution in [1.82, 2.24) is 0 Å². The van der Waals surface area contributed by atoms with Crippen molar-refractivity contribution in [1.29, 1.82) is 0 Å². The maximum absolute atomic E-state index is 5.92. The topological polar surface area (TPSA) is 26.0 Å². The first kappa shape index (κ1) is 9.85. The van der Waals surface area contributed by atoms with Gasteiger partial charge in [0.1, 0.15) is 0 Å². The smallest absolute Gasteiger partial charge is 0.00784 e. The predicted molar refractivity (Wildman–Crippen MR) is 60.0 cm³/mol. The Bertz CT molecular complexity index is 163. The Labute approximate surface area is 85.8 Å². The molecule has 2 unspecified atom stereocenters. The van der Waals surface area contributed by atoms with Crippen molar-refractivity contribution in [2.75, 3.05) is 0 Å². The summed E-state index contributed by atoms with van der Waals surface area (Å²) in [5, 5.41) is 1.89. The van der Waals surface area contributed by atoms with E-state index in [-0.39, 0.29) is 0 Å². The minimum atomic E-state index is 0.514. The Hall–Kier alpha value is 0.310. The lowest BCUT2D eigenvalue weighted by Gasteiger charge is -2.30. The van der Waals surface area contributed by atoms with E-state index < -0.39 is 0 Å². The van der Waals surface area contributed by atoms with Gasteiger partial charge in [-0.2, -0.15) is 11.8 Å². The van der Waals surface area contributed by atoms with Gasteiger partial charge in [-0.3, -0.25) is 0 Å². The lowest BCUT2D eigenvalue weighted by Crippen LogP contribution is -2.30. The Kier molecular flexibility index (Phi) is 3.20. The molecule has 76 valence electrons. The molecule has 0 bridgehead atoms. The highest BCUT2D eigenvalue weighted by atomic mass is 32.2.